The largest absolute Gasteiger partial charge is 0.337 e. The summed E-state index contributed by atoms with van der Waals surface area (Å²) in [7, 11) is 0. The van der Waals surface area contributed by atoms with Gasteiger partial charge in [-0.2, -0.15) is 0 Å². The smallest absolute Gasteiger partial charge is 0.0971 e. The Morgan fingerprint density at radius 2 is 1.38 bits per heavy atom. The van der Waals surface area contributed by atoms with E-state index in [1.807, 2.05) is 6.20 Å². The van der Waals surface area contributed by atoms with E-state index in [-0.39, 0.29) is 0 Å². The molecule has 0 spiro atoms. The lowest BCUT2D eigenvalue weighted by atomic mass is 9.87. The maximum Gasteiger partial charge on any atom is 0.0971 e. The van der Waals surface area contributed by atoms with Crippen LogP contribution in [0.3, 0.4) is 0 Å². The van der Waals surface area contributed by atoms with Crippen LogP contribution in [0.1, 0.15) is 66.6 Å². The summed E-state index contributed by atoms with van der Waals surface area (Å²) in [5.74, 6) is 0.736. The van der Waals surface area contributed by atoms with Gasteiger partial charge in [0.05, 0.1) is 17.1 Å². The number of aromatic nitrogens is 3. The molecule has 0 amide bonds. The Hall–Kier alpha value is -5.54. The standard InChI is InChI=1S/C47H39N3/c1-30-16-22-41-40-13-4-5-15-44(40)50(45(41)26-30)37-11-7-10-35(28-37)32-19-17-31(18-20-32)33-8-6-9-34(27-33)36-21-23-39-38-12-2-3-14-42(38)46-47(43(39)29-36)49-25-24-48-46/h2-5,7-8,10,12-15,17-21,23-25,27-30,37H,6,9,11,16,22,26H2,1H3. The minimum absolute atomic E-state index is 0.336. The number of aryl methyl sites for hydroxylation is 1. The number of rotatable bonds is 4. The highest BCUT2D eigenvalue weighted by molar-refractivity contribution is 6.23. The number of allylic oxidation sites excluding steroid dienone is 8. The quantitative estimate of drug-likeness (QED) is 0.178. The molecule has 0 N–H and O–H groups in total. The molecule has 10 rings (SSSR count). The van der Waals surface area contributed by atoms with Crippen LogP contribution in [-0.4, -0.2) is 14.5 Å². The molecule has 2 unspecified atom stereocenters. The molecule has 2 atom stereocenters. The van der Waals surface area contributed by atoms with Crippen molar-refractivity contribution in [1.29, 1.82) is 0 Å². The van der Waals surface area contributed by atoms with E-state index in [1.54, 1.807) is 17.5 Å². The van der Waals surface area contributed by atoms with Crippen LogP contribution in [0.25, 0.3) is 60.2 Å². The molecule has 7 aromatic rings. The number of hydrogen-bond acceptors (Lipinski definition) is 2. The number of fused-ring (bicyclic) bond motifs is 9. The highest BCUT2D eigenvalue weighted by Crippen LogP contribution is 2.41. The molecule has 0 saturated heterocycles. The Balaban J connectivity index is 0.967. The average Bonchev–Trinajstić information content (AvgIpc) is 3.51. The van der Waals surface area contributed by atoms with Gasteiger partial charge in [-0.3, -0.25) is 9.97 Å². The lowest BCUT2D eigenvalue weighted by molar-refractivity contribution is 0.469. The van der Waals surface area contributed by atoms with Gasteiger partial charge in [0.1, 0.15) is 0 Å². The van der Waals surface area contributed by atoms with Crippen LogP contribution < -0.4 is 0 Å². The second-order valence-corrected chi connectivity index (χ2v) is 14.5. The summed E-state index contributed by atoms with van der Waals surface area (Å²) in [6.07, 6.45) is 22.4. The summed E-state index contributed by atoms with van der Waals surface area (Å²) in [4.78, 5) is 9.55. The second-order valence-electron chi connectivity index (χ2n) is 14.5. The van der Waals surface area contributed by atoms with Gasteiger partial charge >= 0.3 is 0 Å². The zero-order valence-corrected chi connectivity index (χ0v) is 28.4. The van der Waals surface area contributed by atoms with Crippen molar-refractivity contribution in [2.75, 3.05) is 0 Å². The van der Waals surface area contributed by atoms with Gasteiger partial charge in [0.25, 0.3) is 0 Å². The van der Waals surface area contributed by atoms with E-state index >= 15 is 0 Å². The van der Waals surface area contributed by atoms with Crippen LogP contribution in [0.5, 0.6) is 0 Å². The van der Waals surface area contributed by atoms with Crippen LogP contribution in [0.15, 0.2) is 134 Å². The molecule has 0 radical (unpaired) electrons. The molecule has 3 nitrogen and oxygen atoms in total. The minimum atomic E-state index is 0.336. The van der Waals surface area contributed by atoms with Gasteiger partial charge in [-0.05, 0) is 106 Å². The summed E-state index contributed by atoms with van der Waals surface area (Å²) in [5, 5.41) is 6.23. The third-order valence-electron chi connectivity index (χ3n) is 11.4. The van der Waals surface area contributed by atoms with E-state index in [4.69, 9.17) is 9.97 Å². The number of hydrogen-bond donors (Lipinski definition) is 0. The fourth-order valence-corrected chi connectivity index (χ4v) is 8.94. The first-order valence-corrected chi connectivity index (χ1v) is 18.3. The Morgan fingerprint density at radius 3 is 2.22 bits per heavy atom. The van der Waals surface area contributed by atoms with Gasteiger partial charge in [0.2, 0.25) is 0 Å². The molecule has 242 valence electrons. The summed E-state index contributed by atoms with van der Waals surface area (Å²) < 4.78 is 2.67. The van der Waals surface area contributed by atoms with Crippen LogP contribution in [0.4, 0.5) is 0 Å². The van der Waals surface area contributed by atoms with E-state index in [2.05, 4.69) is 133 Å². The lowest BCUT2D eigenvalue weighted by Crippen LogP contribution is -2.18. The van der Waals surface area contributed by atoms with Crippen molar-refractivity contribution >= 4 is 60.2 Å². The molecule has 50 heavy (non-hydrogen) atoms. The van der Waals surface area contributed by atoms with E-state index < -0.39 is 0 Å². The summed E-state index contributed by atoms with van der Waals surface area (Å²) >= 11 is 0. The van der Waals surface area contributed by atoms with Crippen molar-refractivity contribution in [3.63, 3.8) is 0 Å². The van der Waals surface area contributed by atoms with Crippen LogP contribution in [0.2, 0.25) is 0 Å². The molecular weight excluding hydrogens is 607 g/mol. The number of para-hydroxylation sites is 1. The van der Waals surface area contributed by atoms with Crippen LogP contribution in [0, 0.1) is 5.92 Å². The Morgan fingerprint density at radius 1 is 0.680 bits per heavy atom. The topological polar surface area (TPSA) is 30.7 Å². The molecule has 2 heterocycles. The fraction of sp³-hybridized carbons (Fsp3) is 0.191. The highest BCUT2D eigenvalue weighted by Gasteiger charge is 2.26. The maximum atomic E-state index is 4.81. The van der Waals surface area contributed by atoms with Gasteiger partial charge < -0.3 is 4.57 Å². The fourth-order valence-electron chi connectivity index (χ4n) is 8.94. The third kappa shape index (κ3) is 4.79. The normalized spacial score (nSPS) is 19.1. The minimum Gasteiger partial charge on any atom is -0.337 e. The van der Waals surface area contributed by atoms with Gasteiger partial charge in [-0.15, -0.1) is 0 Å². The Kier molecular flexibility index (Phi) is 6.94. The summed E-state index contributed by atoms with van der Waals surface area (Å²) in [5.41, 5.74) is 14.3. The maximum absolute atomic E-state index is 4.81. The average molecular weight is 646 g/mol. The molecule has 0 saturated carbocycles. The molecular formula is C47H39N3. The van der Waals surface area contributed by atoms with Crippen molar-refractivity contribution in [1.82, 2.24) is 14.5 Å². The first-order chi connectivity index (χ1) is 24.7. The monoisotopic (exact) mass is 645 g/mol. The van der Waals surface area contributed by atoms with Crippen molar-refractivity contribution < 1.29 is 0 Å². The predicted molar refractivity (Wildman–Crippen MR) is 210 cm³/mol. The zero-order valence-electron chi connectivity index (χ0n) is 28.4. The van der Waals surface area contributed by atoms with Gasteiger partial charge in [0.15, 0.2) is 0 Å². The molecule has 0 fully saturated rings. The van der Waals surface area contributed by atoms with E-state index in [0.717, 1.165) is 41.6 Å². The number of nitrogens with zero attached hydrogens (tertiary/aromatic N) is 3. The van der Waals surface area contributed by atoms with E-state index in [9.17, 15) is 0 Å². The van der Waals surface area contributed by atoms with Crippen molar-refractivity contribution in [3.05, 3.63) is 162 Å². The molecule has 3 aliphatic carbocycles. The molecule has 0 aliphatic heterocycles. The first-order valence-electron chi connectivity index (χ1n) is 18.3. The van der Waals surface area contributed by atoms with Crippen molar-refractivity contribution in [2.45, 2.75) is 51.5 Å². The molecule has 5 aromatic carbocycles. The molecule has 0 bridgehead atoms. The van der Waals surface area contributed by atoms with Crippen LogP contribution in [-0.2, 0) is 12.8 Å². The second kappa shape index (κ2) is 11.8. The summed E-state index contributed by atoms with van der Waals surface area (Å²) in [6.45, 7) is 2.41. The Labute approximate surface area is 293 Å². The van der Waals surface area contributed by atoms with Gasteiger partial charge in [-0.1, -0.05) is 116 Å². The van der Waals surface area contributed by atoms with Crippen molar-refractivity contribution in [2.24, 2.45) is 5.92 Å². The Bertz CT molecular complexity index is 2570. The van der Waals surface area contributed by atoms with Crippen LogP contribution >= 0.6 is 0 Å². The van der Waals surface area contributed by atoms with E-state index in [1.165, 1.54) is 79.7 Å². The van der Waals surface area contributed by atoms with Gasteiger partial charge in [-0.25, -0.2) is 0 Å². The molecule has 2 aromatic heterocycles. The SMILES string of the molecule is CC1CCc2c(n(C3C=C(c4ccc(C5=CCCC(c6ccc7c8ccccc8c8nccnc8c7c6)=C5)cc4)C=CC3)c3ccccc23)C1. The van der Waals surface area contributed by atoms with Gasteiger partial charge in [0, 0.05) is 39.8 Å². The van der Waals surface area contributed by atoms with Crippen molar-refractivity contribution in [3.8, 4) is 0 Å². The molecule has 3 heteroatoms. The number of benzene rings is 5. The zero-order chi connectivity index (χ0) is 33.2. The third-order valence-corrected chi connectivity index (χ3v) is 11.4. The lowest BCUT2D eigenvalue weighted by Gasteiger charge is -2.26. The molecule has 3 aliphatic rings. The summed E-state index contributed by atoms with van der Waals surface area (Å²) in [6, 6.07) is 34.1. The van der Waals surface area contributed by atoms with E-state index in [0.29, 0.717) is 6.04 Å². The highest BCUT2D eigenvalue weighted by atomic mass is 15.0. The predicted octanol–water partition coefficient (Wildman–Crippen LogP) is 11.9. The first kappa shape index (κ1) is 29.4.